The Labute approximate surface area is 104 Å². The van der Waals surface area contributed by atoms with Crippen LogP contribution in [0.4, 0.5) is 4.79 Å². The number of carbonyl (C=O) groups excluding carboxylic acids is 2. The lowest BCUT2D eigenvalue weighted by Crippen LogP contribution is -2.48. The van der Waals surface area contributed by atoms with Gasteiger partial charge in [0.15, 0.2) is 0 Å². The van der Waals surface area contributed by atoms with Gasteiger partial charge in [0.2, 0.25) is 5.91 Å². The van der Waals surface area contributed by atoms with Crippen molar-refractivity contribution < 1.29 is 9.59 Å². The molecule has 2 unspecified atom stereocenters. The zero-order chi connectivity index (χ0) is 13.6. The van der Waals surface area contributed by atoms with Crippen molar-refractivity contribution in [2.45, 2.75) is 40.7 Å². The van der Waals surface area contributed by atoms with Gasteiger partial charge in [0.1, 0.15) is 0 Å². The molecule has 0 aromatic carbocycles. The molecule has 0 spiro atoms. The number of amides is 3. The summed E-state index contributed by atoms with van der Waals surface area (Å²) in [6, 6.07) is -0.857. The number of hydrogen-bond acceptors (Lipinski definition) is 3. The molecule has 0 heterocycles. The minimum atomic E-state index is -0.479. The van der Waals surface area contributed by atoms with E-state index < -0.39 is 6.03 Å². The van der Waals surface area contributed by atoms with Gasteiger partial charge in [-0.1, -0.05) is 27.7 Å². The molecule has 0 saturated carbocycles. The predicted molar refractivity (Wildman–Crippen MR) is 68.7 cm³/mol. The number of hydrogen-bond donors (Lipinski definition) is 3. The number of nitrogens with one attached hydrogen (secondary N) is 3. The molecular weight excluding hydrogens is 218 g/mol. The average molecular weight is 243 g/mol. The van der Waals surface area contributed by atoms with Crippen molar-refractivity contribution >= 4 is 11.9 Å². The maximum Gasteiger partial charge on any atom is 0.321 e. The maximum absolute atomic E-state index is 11.5. The predicted octanol–water partition coefficient (Wildman–Crippen LogP) is 1.10. The van der Waals surface area contributed by atoms with E-state index in [1.54, 1.807) is 6.92 Å². The number of urea groups is 1. The van der Waals surface area contributed by atoms with Crippen molar-refractivity contribution in [3.63, 3.8) is 0 Å². The van der Waals surface area contributed by atoms with Crippen LogP contribution in [0.25, 0.3) is 0 Å². The van der Waals surface area contributed by atoms with E-state index in [1.165, 1.54) is 7.05 Å². The van der Waals surface area contributed by atoms with Crippen LogP contribution in [-0.4, -0.2) is 31.6 Å². The highest BCUT2D eigenvalue weighted by molar-refractivity contribution is 5.96. The van der Waals surface area contributed by atoms with Crippen LogP contribution in [0, 0.1) is 11.3 Å². The Bertz CT molecular complexity index is 271. The fraction of sp³-hybridized carbons (Fsp3) is 0.833. The van der Waals surface area contributed by atoms with Crippen LogP contribution in [0.3, 0.4) is 0 Å². The summed E-state index contributed by atoms with van der Waals surface area (Å²) in [6.45, 7) is 11.1. The highest BCUT2D eigenvalue weighted by atomic mass is 16.2. The third-order valence-corrected chi connectivity index (χ3v) is 3.07. The number of imide groups is 1. The molecule has 0 aliphatic rings. The van der Waals surface area contributed by atoms with Gasteiger partial charge in [0.25, 0.3) is 0 Å². The van der Waals surface area contributed by atoms with Gasteiger partial charge in [-0.2, -0.15) is 0 Å². The highest BCUT2D eigenvalue weighted by Gasteiger charge is 2.22. The van der Waals surface area contributed by atoms with Gasteiger partial charge in [0, 0.05) is 7.05 Å². The standard InChI is InChI=1S/C12H25N3O2/c1-8(12(3,4)5)7-14-9(2)10(16)15-11(17)13-6/h8-9,14H,7H2,1-6H3,(H2,13,15,16,17). The maximum atomic E-state index is 11.5. The van der Waals surface area contributed by atoms with Crippen LogP contribution >= 0.6 is 0 Å². The van der Waals surface area contributed by atoms with E-state index >= 15 is 0 Å². The van der Waals surface area contributed by atoms with Crippen LogP contribution in [0.15, 0.2) is 0 Å². The summed E-state index contributed by atoms with van der Waals surface area (Å²) in [5, 5.41) is 7.71. The Kier molecular flexibility index (Phi) is 6.16. The molecule has 3 amide bonds. The first-order chi connectivity index (χ1) is 7.68. The van der Waals surface area contributed by atoms with Crippen LogP contribution < -0.4 is 16.0 Å². The van der Waals surface area contributed by atoms with Gasteiger partial charge in [0.05, 0.1) is 6.04 Å². The smallest absolute Gasteiger partial charge is 0.321 e. The number of rotatable bonds is 4. The molecule has 0 aromatic rings. The van der Waals surface area contributed by atoms with E-state index in [0.29, 0.717) is 5.92 Å². The van der Waals surface area contributed by atoms with Crippen molar-refractivity contribution in [1.82, 2.24) is 16.0 Å². The second kappa shape index (κ2) is 6.59. The van der Waals surface area contributed by atoms with Crippen molar-refractivity contribution in [2.75, 3.05) is 13.6 Å². The lowest BCUT2D eigenvalue weighted by atomic mass is 9.82. The van der Waals surface area contributed by atoms with Crippen molar-refractivity contribution in [1.29, 1.82) is 0 Å². The molecule has 0 saturated heterocycles. The summed E-state index contributed by atoms with van der Waals surface area (Å²) < 4.78 is 0. The Hall–Kier alpha value is -1.10. The molecule has 0 bridgehead atoms. The fourth-order valence-corrected chi connectivity index (χ4v) is 1.04. The van der Waals surface area contributed by atoms with Gasteiger partial charge in [-0.15, -0.1) is 0 Å². The molecule has 0 aromatic heterocycles. The summed E-state index contributed by atoms with van der Waals surface area (Å²) >= 11 is 0. The molecule has 0 aliphatic carbocycles. The van der Waals surface area contributed by atoms with E-state index in [0.717, 1.165) is 6.54 Å². The Morgan fingerprint density at radius 2 is 1.71 bits per heavy atom. The molecule has 0 radical (unpaired) electrons. The Morgan fingerprint density at radius 3 is 2.12 bits per heavy atom. The average Bonchev–Trinajstić information content (AvgIpc) is 2.23. The summed E-state index contributed by atoms with van der Waals surface area (Å²) in [6.07, 6.45) is 0. The van der Waals surface area contributed by atoms with Gasteiger partial charge in [-0.3, -0.25) is 10.1 Å². The van der Waals surface area contributed by atoms with E-state index in [1.807, 2.05) is 0 Å². The zero-order valence-electron chi connectivity index (χ0n) is 11.7. The molecule has 100 valence electrons. The Balaban J connectivity index is 4.06. The lowest BCUT2D eigenvalue weighted by Gasteiger charge is -2.28. The summed E-state index contributed by atoms with van der Waals surface area (Å²) in [5.74, 6) is 0.128. The van der Waals surface area contributed by atoms with Crippen LogP contribution in [0.5, 0.6) is 0 Å². The fourth-order valence-electron chi connectivity index (χ4n) is 1.04. The Morgan fingerprint density at radius 1 is 1.18 bits per heavy atom. The normalized spacial score (nSPS) is 14.9. The van der Waals surface area contributed by atoms with E-state index in [2.05, 4.69) is 43.6 Å². The summed E-state index contributed by atoms with van der Waals surface area (Å²) in [7, 11) is 1.47. The van der Waals surface area contributed by atoms with Gasteiger partial charge in [-0.05, 0) is 24.8 Å². The quantitative estimate of drug-likeness (QED) is 0.692. The second-order valence-corrected chi connectivity index (χ2v) is 5.47. The first kappa shape index (κ1) is 15.9. The van der Waals surface area contributed by atoms with Crippen LogP contribution in [0.2, 0.25) is 0 Å². The van der Waals surface area contributed by atoms with Crippen LogP contribution in [-0.2, 0) is 4.79 Å². The van der Waals surface area contributed by atoms with Gasteiger partial charge in [-0.25, -0.2) is 4.79 Å². The first-order valence-electron chi connectivity index (χ1n) is 5.94. The van der Waals surface area contributed by atoms with E-state index in [-0.39, 0.29) is 17.4 Å². The second-order valence-electron chi connectivity index (χ2n) is 5.47. The molecule has 3 N–H and O–H groups in total. The van der Waals surface area contributed by atoms with Gasteiger partial charge < -0.3 is 10.6 Å². The number of carbonyl (C=O) groups is 2. The van der Waals surface area contributed by atoms with E-state index in [9.17, 15) is 9.59 Å². The summed E-state index contributed by atoms with van der Waals surface area (Å²) in [4.78, 5) is 22.5. The summed E-state index contributed by atoms with van der Waals surface area (Å²) in [5.41, 5.74) is 0.198. The third-order valence-electron chi connectivity index (χ3n) is 3.07. The molecule has 17 heavy (non-hydrogen) atoms. The van der Waals surface area contributed by atoms with Crippen molar-refractivity contribution in [3.05, 3.63) is 0 Å². The lowest BCUT2D eigenvalue weighted by molar-refractivity contribution is -0.121. The van der Waals surface area contributed by atoms with Crippen molar-refractivity contribution in [2.24, 2.45) is 11.3 Å². The van der Waals surface area contributed by atoms with Crippen molar-refractivity contribution in [3.8, 4) is 0 Å². The monoisotopic (exact) mass is 243 g/mol. The largest absolute Gasteiger partial charge is 0.341 e. The van der Waals surface area contributed by atoms with Crippen LogP contribution in [0.1, 0.15) is 34.6 Å². The topological polar surface area (TPSA) is 70.2 Å². The molecule has 0 fully saturated rings. The SMILES string of the molecule is CNC(=O)NC(=O)C(C)NCC(C)C(C)(C)C. The molecule has 5 heteroatoms. The minimum absolute atomic E-state index is 0.198. The minimum Gasteiger partial charge on any atom is -0.341 e. The molecule has 2 atom stereocenters. The highest BCUT2D eigenvalue weighted by Crippen LogP contribution is 2.24. The zero-order valence-corrected chi connectivity index (χ0v) is 11.7. The van der Waals surface area contributed by atoms with Gasteiger partial charge >= 0.3 is 6.03 Å². The third kappa shape index (κ3) is 6.26. The molecule has 0 aliphatic heterocycles. The molecule has 5 nitrogen and oxygen atoms in total. The first-order valence-corrected chi connectivity index (χ1v) is 5.94. The van der Waals surface area contributed by atoms with E-state index in [4.69, 9.17) is 0 Å². The molecule has 0 rings (SSSR count). The molecular formula is C12H25N3O2.